The fourth-order valence-corrected chi connectivity index (χ4v) is 2.66. The molecule has 2 aromatic carbocycles. The van der Waals surface area contributed by atoms with Crippen molar-refractivity contribution >= 4 is 38.9 Å². The van der Waals surface area contributed by atoms with Gasteiger partial charge in [-0.2, -0.15) is 0 Å². The van der Waals surface area contributed by atoms with Gasteiger partial charge in [0.1, 0.15) is 0 Å². The molecule has 2 aromatic rings. The number of benzene rings is 2. The fraction of sp³-hybridized carbons (Fsp3) is 0.133. The van der Waals surface area contributed by atoms with Crippen LogP contribution in [0.1, 0.15) is 15.9 Å². The number of hydrogen-bond donors (Lipinski definition) is 2. The summed E-state index contributed by atoms with van der Waals surface area (Å²) in [5.41, 5.74) is 2.36. The summed E-state index contributed by atoms with van der Waals surface area (Å²) in [6.45, 7) is 1.85. The highest BCUT2D eigenvalue weighted by Gasteiger charge is 2.09. The van der Waals surface area contributed by atoms with E-state index in [1.54, 1.807) is 30.3 Å². The first-order chi connectivity index (χ1) is 10.2. The van der Waals surface area contributed by atoms with E-state index in [0.29, 0.717) is 22.0 Å². The monoisotopic (exact) mass is 338 g/mol. The second-order valence-corrected chi connectivity index (χ2v) is 7.05. The van der Waals surface area contributed by atoms with Crippen molar-refractivity contribution in [3.05, 3.63) is 58.6 Å². The Labute approximate surface area is 134 Å². The highest BCUT2D eigenvalue weighted by atomic mass is 35.5. The van der Waals surface area contributed by atoms with Gasteiger partial charge in [0.05, 0.1) is 6.26 Å². The number of hydrogen-bond acceptors (Lipinski definition) is 3. The number of anilines is 2. The van der Waals surface area contributed by atoms with Gasteiger partial charge in [0, 0.05) is 22.0 Å². The third-order valence-electron chi connectivity index (χ3n) is 2.89. The van der Waals surface area contributed by atoms with E-state index in [1.165, 1.54) is 12.1 Å². The molecule has 22 heavy (non-hydrogen) atoms. The average molecular weight is 339 g/mol. The van der Waals surface area contributed by atoms with E-state index in [0.717, 1.165) is 11.8 Å². The van der Waals surface area contributed by atoms with Gasteiger partial charge in [-0.25, -0.2) is 8.42 Å². The Morgan fingerprint density at radius 2 is 1.73 bits per heavy atom. The minimum atomic E-state index is -3.33. The molecule has 0 bridgehead atoms. The van der Waals surface area contributed by atoms with Gasteiger partial charge in [-0.1, -0.05) is 11.6 Å². The van der Waals surface area contributed by atoms with Gasteiger partial charge in [0.15, 0.2) is 0 Å². The molecular weight excluding hydrogens is 324 g/mol. The lowest BCUT2D eigenvalue weighted by molar-refractivity contribution is 0.102. The van der Waals surface area contributed by atoms with Crippen molar-refractivity contribution in [3.8, 4) is 0 Å². The van der Waals surface area contributed by atoms with E-state index in [4.69, 9.17) is 11.6 Å². The Kier molecular flexibility index (Phi) is 4.73. The van der Waals surface area contributed by atoms with Crippen molar-refractivity contribution in [3.63, 3.8) is 0 Å². The lowest BCUT2D eigenvalue weighted by Gasteiger charge is -2.09. The van der Waals surface area contributed by atoms with Crippen LogP contribution in [0.15, 0.2) is 42.5 Å². The van der Waals surface area contributed by atoms with E-state index >= 15 is 0 Å². The third-order valence-corrected chi connectivity index (χ3v) is 3.73. The predicted molar refractivity (Wildman–Crippen MR) is 89.1 cm³/mol. The summed E-state index contributed by atoms with van der Waals surface area (Å²) in [7, 11) is -3.33. The van der Waals surface area contributed by atoms with Gasteiger partial charge >= 0.3 is 0 Å². The molecule has 7 heteroatoms. The molecule has 0 fully saturated rings. The zero-order valence-corrected chi connectivity index (χ0v) is 13.6. The Bertz CT molecular complexity index is 802. The van der Waals surface area contributed by atoms with E-state index < -0.39 is 10.0 Å². The van der Waals surface area contributed by atoms with Gasteiger partial charge < -0.3 is 5.32 Å². The zero-order valence-electron chi connectivity index (χ0n) is 12.1. The summed E-state index contributed by atoms with van der Waals surface area (Å²) in [6, 6.07) is 11.4. The number of nitrogens with one attached hydrogen (secondary N) is 2. The van der Waals surface area contributed by atoms with Crippen LogP contribution in [-0.4, -0.2) is 20.6 Å². The van der Waals surface area contributed by atoms with Crippen molar-refractivity contribution in [2.75, 3.05) is 16.3 Å². The summed E-state index contributed by atoms with van der Waals surface area (Å²) in [5, 5.41) is 3.39. The maximum absolute atomic E-state index is 12.2. The normalized spacial score (nSPS) is 11.0. The highest BCUT2D eigenvalue weighted by Crippen LogP contribution is 2.20. The maximum atomic E-state index is 12.2. The molecule has 1 amide bonds. The van der Waals surface area contributed by atoms with Gasteiger partial charge in [0.25, 0.3) is 5.91 Å². The molecule has 0 aliphatic carbocycles. The van der Waals surface area contributed by atoms with Crippen LogP contribution in [-0.2, 0) is 10.0 Å². The number of carbonyl (C=O) groups is 1. The topological polar surface area (TPSA) is 75.3 Å². The van der Waals surface area contributed by atoms with Crippen LogP contribution in [0.2, 0.25) is 5.02 Å². The lowest BCUT2D eigenvalue weighted by Crippen LogP contribution is -2.13. The maximum Gasteiger partial charge on any atom is 0.255 e. The van der Waals surface area contributed by atoms with Crippen molar-refractivity contribution in [2.45, 2.75) is 6.92 Å². The molecule has 0 aromatic heterocycles. The van der Waals surface area contributed by atoms with E-state index in [2.05, 4.69) is 10.0 Å². The summed E-state index contributed by atoms with van der Waals surface area (Å²) in [5.74, 6) is -0.281. The SMILES string of the molecule is Cc1cc(Cl)ccc1NC(=O)c1ccc(NS(C)(=O)=O)cc1. The van der Waals surface area contributed by atoms with Gasteiger partial charge in [-0.15, -0.1) is 0 Å². The summed E-state index contributed by atoms with van der Waals surface area (Å²) >= 11 is 5.87. The number of rotatable bonds is 4. The molecule has 2 rings (SSSR count). The first-order valence-electron chi connectivity index (χ1n) is 6.40. The number of carbonyl (C=O) groups excluding carboxylic acids is 1. The number of sulfonamides is 1. The van der Waals surface area contributed by atoms with Crippen LogP contribution in [0.5, 0.6) is 0 Å². The van der Waals surface area contributed by atoms with Crippen LogP contribution < -0.4 is 10.0 Å². The molecule has 0 saturated heterocycles. The molecular formula is C15H15ClN2O3S. The van der Waals surface area contributed by atoms with E-state index in [1.807, 2.05) is 6.92 Å². The van der Waals surface area contributed by atoms with Crippen LogP contribution in [0.4, 0.5) is 11.4 Å². The molecule has 0 saturated carbocycles. The molecule has 116 valence electrons. The van der Waals surface area contributed by atoms with Crippen molar-refractivity contribution in [2.24, 2.45) is 0 Å². The molecule has 0 aliphatic rings. The number of halogens is 1. The smallest absolute Gasteiger partial charge is 0.255 e. The van der Waals surface area contributed by atoms with Crippen LogP contribution in [0.25, 0.3) is 0 Å². The molecule has 0 aliphatic heterocycles. The first kappa shape index (κ1) is 16.3. The molecule has 0 spiro atoms. The van der Waals surface area contributed by atoms with Crippen molar-refractivity contribution in [1.82, 2.24) is 0 Å². The van der Waals surface area contributed by atoms with Crippen LogP contribution in [0.3, 0.4) is 0 Å². The third kappa shape index (κ3) is 4.47. The quantitative estimate of drug-likeness (QED) is 0.898. The summed E-state index contributed by atoms with van der Waals surface area (Å²) < 4.78 is 24.6. The van der Waals surface area contributed by atoms with Gasteiger partial charge in [0.2, 0.25) is 10.0 Å². The zero-order chi connectivity index (χ0) is 16.3. The Hall–Kier alpha value is -2.05. The summed E-state index contributed by atoms with van der Waals surface area (Å²) in [6.07, 6.45) is 1.07. The molecule has 0 heterocycles. The van der Waals surface area contributed by atoms with Gasteiger partial charge in [-0.3, -0.25) is 9.52 Å². The number of amides is 1. The molecule has 2 N–H and O–H groups in total. The fourth-order valence-electron chi connectivity index (χ4n) is 1.87. The minimum Gasteiger partial charge on any atom is -0.322 e. The average Bonchev–Trinajstić information content (AvgIpc) is 2.41. The van der Waals surface area contributed by atoms with E-state index in [-0.39, 0.29) is 5.91 Å². The Morgan fingerprint density at radius 3 is 2.27 bits per heavy atom. The molecule has 0 atom stereocenters. The second kappa shape index (κ2) is 6.37. The van der Waals surface area contributed by atoms with Crippen molar-refractivity contribution < 1.29 is 13.2 Å². The molecule has 5 nitrogen and oxygen atoms in total. The highest BCUT2D eigenvalue weighted by molar-refractivity contribution is 7.92. The van der Waals surface area contributed by atoms with Gasteiger partial charge in [-0.05, 0) is 55.0 Å². The second-order valence-electron chi connectivity index (χ2n) is 4.86. The Morgan fingerprint density at radius 1 is 1.09 bits per heavy atom. The first-order valence-corrected chi connectivity index (χ1v) is 8.67. The molecule has 0 radical (unpaired) electrons. The summed E-state index contributed by atoms with van der Waals surface area (Å²) in [4.78, 5) is 12.2. The van der Waals surface area contributed by atoms with Crippen molar-refractivity contribution in [1.29, 1.82) is 0 Å². The molecule has 0 unspecified atom stereocenters. The minimum absolute atomic E-state index is 0.281. The predicted octanol–water partition coefficient (Wildman–Crippen LogP) is 3.27. The standard InChI is InChI=1S/C15H15ClN2O3S/c1-10-9-12(16)5-8-14(10)17-15(19)11-3-6-13(7-4-11)18-22(2,20)21/h3-9,18H,1-2H3,(H,17,19). The largest absolute Gasteiger partial charge is 0.322 e. The number of aryl methyl sites for hydroxylation is 1. The van der Waals surface area contributed by atoms with E-state index in [9.17, 15) is 13.2 Å². The van der Waals surface area contributed by atoms with Crippen LogP contribution in [0, 0.1) is 6.92 Å². The van der Waals surface area contributed by atoms with Crippen LogP contribution >= 0.6 is 11.6 Å². The lowest BCUT2D eigenvalue weighted by atomic mass is 10.1. The Balaban J connectivity index is 2.13.